The first-order chi connectivity index (χ1) is 9.58. The van der Waals surface area contributed by atoms with Gasteiger partial charge in [-0.05, 0) is 69.9 Å². The minimum Gasteiger partial charge on any atom is -0.393 e. The predicted octanol–water partition coefficient (Wildman–Crippen LogP) is 2.64. The molecule has 0 radical (unpaired) electrons. The summed E-state index contributed by atoms with van der Waals surface area (Å²) in [7, 11) is 0. The van der Waals surface area contributed by atoms with Crippen molar-refractivity contribution >= 4 is 0 Å². The van der Waals surface area contributed by atoms with Crippen molar-refractivity contribution < 1.29 is 5.11 Å². The molecule has 2 fully saturated rings. The van der Waals surface area contributed by atoms with Gasteiger partial charge in [-0.1, -0.05) is 13.8 Å². The molecule has 118 valence electrons. The highest BCUT2D eigenvalue weighted by atomic mass is 16.3. The van der Waals surface area contributed by atoms with Crippen molar-refractivity contribution in [3.8, 4) is 0 Å². The molecule has 1 atom stereocenters. The number of hydrogen-bond donors (Lipinski definition) is 2. The molecular weight excluding hydrogens is 248 g/mol. The molecule has 1 aliphatic carbocycles. The van der Waals surface area contributed by atoms with E-state index in [-0.39, 0.29) is 6.10 Å². The molecule has 1 aliphatic heterocycles. The number of hydrogen-bond acceptors (Lipinski definition) is 3. The highest BCUT2D eigenvalue weighted by molar-refractivity contribution is 4.89. The number of rotatable bonds is 8. The van der Waals surface area contributed by atoms with Crippen LogP contribution in [0.15, 0.2) is 0 Å². The van der Waals surface area contributed by atoms with Gasteiger partial charge in [0, 0.05) is 19.1 Å². The van der Waals surface area contributed by atoms with Crippen LogP contribution in [0.1, 0.15) is 59.3 Å². The van der Waals surface area contributed by atoms with Crippen molar-refractivity contribution in [3.05, 3.63) is 0 Å². The second kappa shape index (κ2) is 7.24. The number of nitrogens with one attached hydrogen (secondary N) is 1. The van der Waals surface area contributed by atoms with Crippen molar-refractivity contribution in [2.24, 2.45) is 11.3 Å². The van der Waals surface area contributed by atoms with Crippen LogP contribution in [-0.2, 0) is 0 Å². The smallest absolute Gasteiger partial charge is 0.0541 e. The van der Waals surface area contributed by atoms with E-state index < -0.39 is 0 Å². The van der Waals surface area contributed by atoms with Crippen LogP contribution < -0.4 is 5.32 Å². The molecule has 0 spiro atoms. The van der Waals surface area contributed by atoms with Crippen LogP contribution in [0.2, 0.25) is 0 Å². The van der Waals surface area contributed by atoms with Crippen LogP contribution in [-0.4, -0.2) is 48.3 Å². The molecule has 2 rings (SSSR count). The third-order valence-electron chi connectivity index (χ3n) is 5.72. The zero-order valence-corrected chi connectivity index (χ0v) is 13.7. The van der Waals surface area contributed by atoms with E-state index >= 15 is 0 Å². The second-order valence-corrected chi connectivity index (χ2v) is 7.22. The maximum atomic E-state index is 9.71. The molecule has 0 aromatic carbocycles. The van der Waals surface area contributed by atoms with Gasteiger partial charge in [-0.2, -0.15) is 0 Å². The SMILES string of the molecule is CCC(CC)(CNC1CC1)CN1CCC(C(C)O)CC1. The van der Waals surface area contributed by atoms with Crippen LogP contribution in [0.25, 0.3) is 0 Å². The average Bonchev–Trinajstić information content (AvgIpc) is 3.28. The third-order valence-corrected chi connectivity index (χ3v) is 5.72. The molecule has 20 heavy (non-hydrogen) atoms. The molecule has 3 nitrogen and oxygen atoms in total. The van der Waals surface area contributed by atoms with Gasteiger partial charge in [0.2, 0.25) is 0 Å². The zero-order chi connectivity index (χ0) is 14.6. The summed E-state index contributed by atoms with van der Waals surface area (Å²) in [6.07, 6.45) is 7.48. The molecule has 3 heteroatoms. The first kappa shape index (κ1) is 16.3. The van der Waals surface area contributed by atoms with E-state index in [9.17, 15) is 5.11 Å². The average molecular weight is 282 g/mol. The number of likely N-dealkylation sites (tertiary alicyclic amines) is 1. The van der Waals surface area contributed by atoms with Gasteiger partial charge in [-0.3, -0.25) is 0 Å². The molecule has 1 saturated heterocycles. The summed E-state index contributed by atoms with van der Waals surface area (Å²) < 4.78 is 0. The maximum Gasteiger partial charge on any atom is 0.0541 e. The summed E-state index contributed by atoms with van der Waals surface area (Å²) in [5, 5.41) is 13.5. The molecular formula is C17H34N2O. The quantitative estimate of drug-likeness (QED) is 0.718. The van der Waals surface area contributed by atoms with E-state index in [0.717, 1.165) is 18.9 Å². The Kier molecular flexibility index (Phi) is 5.88. The fourth-order valence-electron chi connectivity index (χ4n) is 3.50. The van der Waals surface area contributed by atoms with Crippen molar-refractivity contribution in [3.63, 3.8) is 0 Å². The van der Waals surface area contributed by atoms with Crippen molar-refractivity contribution in [1.29, 1.82) is 0 Å². The summed E-state index contributed by atoms with van der Waals surface area (Å²) >= 11 is 0. The fraction of sp³-hybridized carbons (Fsp3) is 1.00. The Morgan fingerprint density at radius 2 is 1.75 bits per heavy atom. The molecule has 0 aromatic heterocycles. The van der Waals surface area contributed by atoms with Crippen molar-refractivity contribution in [1.82, 2.24) is 10.2 Å². The zero-order valence-electron chi connectivity index (χ0n) is 13.7. The largest absolute Gasteiger partial charge is 0.393 e. The molecule has 1 saturated carbocycles. The highest BCUT2D eigenvalue weighted by Crippen LogP contribution is 2.31. The Hall–Kier alpha value is -0.120. The molecule has 1 heterocycles. The third kappa shape index (κ3) is 4.44. The van der Waals surface area contributed by atoms with Gasteiger partial charge < -0.3 is 15.3 Å². The normalized spacial score (nSPS) is 24.0. The van der Waals surface area contributed by atoms with E-state index in [1.807, 2.05) is 6.92 Å². The summed E-state index contributed by atoms with van der Waals surface area (Å²) in [5.74, 6) is 0.522. The second-order valence-electron chi connectivity index (χ2n) is 7.22. The van der Waals surface area contributed by atoms with Crippen molar-refractivity contribution in [2.45, 2.75) is 71.4 Å². The molecule has 2 N–H and O–H groups in total. The van der Waals surface area contributed by atoms with E-state index in [1.54, 1.807) is 0 Å². The van der Waals surface area contributed by atoms with E-state index in [0.29, 0.717) is 11.3 Å². The van der Waals surface area contributed by atoms with Gasteiger partial charge >= 0.3 is 0 Å². The Balaban J connectivity index is 1.81. The monoisotopic (exact) mass is 282 g/mol. The summed E-state index contributed by atoms with van der Waals surface area (Å²) in [4.78, 5) is 2.64. The number of aliphatic hydroxyl groups is 1. The maximum absolute atomic E-state index is 9.71. The van der Waals surface area contributed by atoms with Crippen LogP contribution in [0.4, 0.5) is 0 Å². The van der Waals surface area contributed by atoms with Gasteiger partial charge in [-0.15, -0.1) is 0 Å². The Labute approximate surface area is 125 Å². The van der Waals surface area contributed by atoms with E-state index in [4.69, 9.17) is 0 Å². The number of piperidine rings is 1. The van der Waals surface area contributed by atoms with Gasteiger partial charge in [0.05, 0.1) is 6.10 Å². The van der Waals surface area contributed by atoms with Gasteiger partial charge in [0.15, 0.2) is 0 Å². The van der Waals surface area contributed by atoms with E-state index in [2.05, 4.69) is 24.1 Å². The minimum absolute atomic E-state index is 0.129. The minimum atomic E-state index is -0.129. The lowest BCUT2D eigenvalue weighted by molar-refractivity contribution is 0.0497. The molecule has 1 unspecified atom stereocenters. The topological polar surface area (TPSA) is 35.5 Å². The Bertz CT molecular complexity index is 277. The van der Waals surface area contributed by atoms with E-state index in [1.165, 1.54) is 51.9 Å². The molecule has 0 bridgehead atoms. The molecule has 0 aromatic rings. The standard InChI is InChI=1S/C17H34N2O/c1-4-17(5-2,12-18-16-6-7-16)13-19-10-8-15(9-11-19)14(3)20/h14-16,18,20H,4-13H2,1-3H3. The lowest BCUT2D eigenvalue weighted by Crippen LogP contribution is -2.47. The predicted molar refractivity (Wildman–Crippen MR) is 84.9 cm³/mol. The first-order valence-electron chi connectivity index (χ1n) is 8.72. The lowest BCUT2D eigenvalue weighted by Gasteiger charge is -2.41. The summed E-state index contributed by atoms with van der Waals surface area (Å²) in [5.41, 5.74) is 0.445. The van der Waals surface area contributed by atoms with Crippen LogP contribution in [0, 0.1) is 11.3 Å². The summed E-state index contributed by atoms with van der Waals surface area (Å²) in [6, 6.07) is 0.813. The first-order valence-corrected chi connectivity index (χ1v) is 8.72. The van der Waals surface area contributed by atoms with Crippen LogP contribution in [0.3, 0.4) is 0 Å². The van der Waals surface area contributed by atoms with Crippen LogP contribution >= 0.6 is 0 Å². The van der Waals surface area contributed by atoms with Crippen LogP contribution in [0.5, 0.6) is 0 Å². The highest BCUT2D eigenvalue weighted by Gasteiger charge is 2.33. The van der Waals surface area contributed by atoms with Crippen molar-refractivity contribution in [2.75, 3.05) is 26.2 Å². The number of nitrogens with zero attached hydrogens (tertiary/aromatic N) is 1. The number of aliphatic hydroxyl groups excluding tert-OH is 1. The molecule has 0 amide bonds. The summed E-state index contributed by atoms with van der Waals surface area (Å²) in [6.45, 7) is 11.4. The fourth-order valence-corrected chi connectivity index (χ4v) is 3.50. The Morgan fingerprint density at radius 3 is 2.20 bits per heavy atom. The van der Waals surface area contributed by atoms with Gasteiger partial charge in [0.25, 0.3) is 0 Å². The lowest BCUT2D eigenvalue weighted by atomic mass is 9.80. The van der Waals surface area contributed by atoms with Gasteiger partial charge in [0.1, 0.15) is 0 Å². The van der Waals surface area contributed by atoms with Gasteiger partial charge in [-0.25, -0.2) is 0 Å². The molecule has 2 aliphatic rings. The Morgan fingerprint density at radius 1 is 1.15 bits per heavy atom.